The zero-order valence-electron chi connectivity index (χ0n) is 11.3. The number of hydrogen-bond acceptors (Lipinski definition) is 1. The summed E-state index contributed by atoms with van der Waals surface area (Å²) in [7, 11) is 0. The van der Waals surface area contributed by atoms with E-state index >= 15 is 0 Å². The Morgan fingerprint density at radius 2 is 1.43 bits per heavy atom. The molecule has 0 unspecified atom stereocenters. The first-order valence-corrected chi connectivity index (χ1v) is 7.23. The summed E-state index contributed by atoms with van der Waals surface area (Å²) in [5.74, 6) is 0. The zero-order chi connectivity index (χ0) is 14.2. The molecule has 0 bridgehead atoms. The molecule has 1 aromatic heterocycles. The molecule has 4 rings (SSSR count). The second kappa shape index (κ2) is 4.87. The molecule has 0 amide bonds. The van der Waals surface area contributed by atoms with Crippen molar-refractivity contribution in [3.8, 4) is 11.3 Å². The molecule has 0 aliphatic rings. The molecule has 0 saturated heterocycles. The van der Waals surface area contributed by atoms with Gasteiger partial charge in [-0.2, -0.15) is 0 Å². The van der Waals surface area contributed by atoms with E-state index in [2.05, 4.69) is 59.6 Å². The lowest BCUT2D eigenvalue weighted by Gasteiger charge is -2.10. The quantitative estimate of drug-likeness (QED) is 0.409. The summed E-state index contributed by atoms with van der Waals surface area (Å²) in [6.45, 7) is 0. The first-order valence-electron chi connectivity index (χ1n) is 6.85. The van der Waals surface area contributed by atoms with Crippen LogP contribution in [0.4, 0.5) is 0 Å². The third-order valence-electron chi connectivity index (χ3n) is 3.77. The Kier molecular flexibility index (Phi) is 2.87. The molecule has 0 aliphatic heterocycles. The third kappa shape index (κ3) is 2.07. The van der Waals surface area contributed by atoms with Crippen molar-refractivity contribution in [3.63, 3.8) is 0 Å². The van der Waals surface area contributed by atoms with Crippen LogP contribution >= 0.6 is 11.6 Å². The molecule has 0 aliphatic carbocycles. The van der Waals surface area contributed by atoms with E-state index in [-0.39, 0.29) is 0 Å². The number of hydrogen-bond donors (Lipinski definition) is 0. The van der Waals surface area contributed by atoms with Crippen LogP contribution in [0.5, 0.6) is 0 Å². The SMILES string of the molecule is Clc1ccc(-c2cc3ccccc3c3ccccc23)nc1. The molecular weight excluding hydrogens is 278 g/mol. The van der Waals surface area contributed by atoms with Gasteiger partial charge in [-0.3, -0.25) is 4.98 Å². The first kappa shape index (κ1) is 12.4. The zero-order valence-corrected chi connectivity index (χ0v) is 12.0. The van der Waals surface area contributed by atoms with Crippen LogP contribution in [0.25, 0.3) is 32.8 Å². The minimum Gasteiger partial charge on any atom is -0.255 e. The van der Waals surface area contributed by atoms with Gasteiger partial charge in [0.05, 0.1) is 10.7 Å². The second-order valence-electron chi connectivity index (χ2n) is 5.05. The van der Waals surface area contributed by atoms with Crippen LogP contribution in [0.15, 0.2) is 72.9 Å². The predicted octanol–water partition coefficient (Wildman–Crippen LogP) is 5.71. The van der Waals surface area contributed by atoms with Crippen molar-refractivity contribution in [3.05, 3.63) is 77.9 Å². The van der Waals surface area contributed by atoms with E-state index in [1.807, 2.05) is 12.1 Å². The van der Waals surface area contributed by atoms with E-state index in [0.29, 0.717) is 5.02 Å². The van der Waals surface area contributed by atoms with Crippen molar-refractivity contribution >= 4 is 33.1 Å². The van der Waals surface area contributed by atoms with Crippen molar-refractivity contribution in [2.75, 3.05) is 0 Å². The Morgan fingerprint density at radius 1 is 0.714 bits per heavy atom. The first-order chi connectivity index (χ1) is 10.3. The van der Waals surface area contributed by atoms with Crippen LogP contribution in [0, 0.1) is 0 Å². The summed E-state index contributed by atoms with van der Waals surface area (Å²) < 4.78 is 0. The van der Waals surface area contributed by atoms with Gasteiger partial charge in [-0.25, -0.2) is 0 Å². The Hall–Kier alpha value is -2.38. The fourth-order valence-electron chi connectivity index (χ4n) is 2.80. The van der Waals surface area contributed by atoms with Crippen molar-refractivity contribution in [2.45, 2.75) is 0 Å². The predicted molar refractivity (Wildman–Crippen MR) is 89.7 cm³/mol. The van der Waals surface area contributed by atoms with Gasteiger partial charge in [-0.05, 0) is 39.7 Å². The lowest BCUT2D eigenvalue weighted by atomic mass is 9.95. The minimum absolute atomic E-state index is 0.656. The number of aromatic nitrogens is 1. The highest BCUT2D eigenvalue weighted by atomic mass is 35.5. The van der Waals surface area contributed by atoms with Gasteiger partial charge in [0.15, 0.2) is 0 Å². The van der Waals surface area contributed by atoms with Gasteiger partial charge in [0.1, 0.15) is 0 Å². The van der Waals surface area contributed by atoms with Crippen LogP contribution in [0.3, 0.4) is 0 Å². The van der Waals surface area contributed by atoms with Gasteiger partial charge in [-0.15, -0.1) is 0 Å². The molecular formula is C19H12ClN. The smallest absolute Gasteiger partial charge is 0.0709 e. The minimum atomic E-state index is 0.656. The summed E-state index contributed by atoms with van der Waals surface area (Å²) in [4.78, 5) is 4.47. The maximum atomic E-state index is 5.95. The van der Waals surface area contributed by atoms with E-state index in [4.69, 9.17) is 11.6 Å². The Balaban J connectivity index is 2.13. The molecule has 2 heteroatoms. The van der Waals surface area contributed by atoms with Crippen molar-refractivity contribution < 1.29 is 0 Å². The highest BCUT2D eigenvalue weighted by molar-refractivity contribution is 6.30. The van der Waals surface area contributed by atoms with Gasteiger partial charge in [0.2, 0.25) is 0 Å². The maximum absolute atomic E-state index is 5.95. The van der Waals surface area contributed by atoms with Gasteiger partial charge < -0.3 is 0 Å². The van der Waals surface area contributed by atoms with Crippen LogP contribution in [-0.4, -0.2) is 4.98 Å². The number of nitrogens with zero attached hydrogens (tertiary/aromatic N) is 1. The Labute approximate surface area is 127 Å². The molecule has 3 aromatic carbocycles. The highest BCUT2D eigenvalue weighted by Crippen LogP contribution is 2.34. The molecule has 1 heterocycles. The van der Waals surface area contributed by atoms with Gasteiger partial charge >= 0.3 is 0 Å². The van der Waals surface area contributed by atoms with E-state index in [1.54, 1.807) is 6.20 Å². The van der Waals surface area contributed by atoms with Gasteiger partial charge in [0, 0.05) is 11.8 Å². The number of fused-ring (bicyclic) bond motifs is 3. The van der Waals surface area contributed by atoms with Gasteiger partial charge in [0.25, 0.3) is 0 Å². The van der Waals surface area contributed by atoms with Crippen LogP contribution < -0.4 is 0 Å². The highest BCUT2D eigenvalue weighted by Gasteiger charge is 2.08. The van der Waals surface area contributed by atoms with Crippen LogP contribution in [-0.2, 0) is 0 Å². The average Bonchev–Trinajstić information content (AvgIpc) is 2.55. The monoisotopic (exact) mass is 289 g/mol. The molecule has 4 aromatic rings. The molecule has 100 valence electrons. The van der Waals surface area contributed by atoms with Gasteiger partial charge in [-0.1, -0.05) is 60.1 Å². The lowest BCUT2D eigenvalue weighted by Crippen LogP contribution is -1.87. The molecule has 1 nitrogen and oxygen atoms in total. The molecule has 21 heavy (non-hydrogen) atoms. The largest absolute Gasteiger partial charge is 0.255 e. The number of pyridine rings is 1. The summed E-state index contributed by atoms with van der Waals surface area (Å²) in [6, 6.07) is 23.0. The van der Waals surface area contributed by atoms with Crippen LogP contribution in [0.2, 0.25) is 5.02 Å². The van der Waals surface area contributed by atoms with Crippen molar-refractivity contribution in [1.82, 2.24) is 4.98 Å². The fourth-order valence-corrected chi connectivity index (χ4v) is 2.91. The number of rotatable bonds is 1. The molecule has 0 saturated carbocycles. The van der Waals surface area contributed by atoms with E-state index in [9.17, 15) is 0 Å². The Bertz CT molecular complexity index is 942. The fraction of sp³-hybridized carbons (Fsp3) is 0. The number of halogens is 1. The Morgan fingerprint density at radius 3 is 2.19 bits per heavy atom. The van der Waals surface area contributed by atoms with Crippen molar-refractivity contribution in [1.29, 1.82) is 0 Å². The molecule has 0 fully saturated rings. The number of benzene rings is 3. The average molecular weight is 290 g/mol. The van der Waals surface area contributed by atoms with Crippen molar-refractivity contribution in [2.24, 2.45) is 0 Å². The summed E-state index contributed by atoms with van der Waals surface area (Å²) in [5.41, 5.74) is 2.09. The van der Waals surface area contributed by atoms with E-state index in [0.717, 1.165) is 11.3 Å². The summed E-state index contributed by atoms with van der Waals surface area (Å²) in [6.07, 6.45) is 1.70. The molecule has 0 radical (unpaired) electrons. The summed E-state index contributed by atoms with van der Waals surface area (Å²) >= 11 is 5.95. The molecule has 0 spiro atoms. The second-order valence-corrected chi connectivity index (χ2v) is 5.49. The molecule has 0 atom stereocenters. The standard InChI is InChI=1S/C19H12ClN/c20-14-9-10-19(21-12-14)18-11-13-5-1-2-6-15(13)16-7-3-4-8-17(16)18/h1-12H. The third-order valence-corrected chi connectivity index (χ3v) is 3.99. The van der Waals surface area contributed by atoms with E-state index < -0.39 is 0 Å². The normalized spacial score (nSPS) is 11.1. The van der Waals surface area contributed by atoms with E-state index in [1.165, 1.54) is 21.5 Å². The lowest BCUT2D eigenvalue weighted by molar-refractivity contribution is 1.33. The topological polar surface area (TPSA) is 12.9 Å². The summed E-state index contributed by atoms with van der Waals surface area (Å²) in [5, 5.41) is 5.62. The molecule has 0 N–H and O–H groups in total. The maximum Gasteiger partial charge on any atom is 0.0709 e. The van der Waals surface area contributed by atoms with Crippen LogP contribution in [0.1, 0.15) is 0 Å².